The molecular weight excluding hydrogens is 452 g/mol. The first-order valence-corrected chi connectivity index (χ1v) is 11.6. The highest BCUT2D eigenvalue weighted by atomic mass is 35.5. The number of anilines is 1. The number of Topliss-reactive ketones (excluding diaryl/α,β-unsaturated/α-hetero) is 1. The molecule has 1 aliphatic heterocycles. The zero-order valence-electron chi connectivity index (χ0n) is 16.2. The second-order valence-corrected chi connectivity index (χ2v) is 9.74. The number of rotatable bonds is 5. The number of benzene rings is 1. The molecule has 1 aliphatic rings. The molecule has 6 nitrogen and oxygen atoms in total. The number of thiophene rings is 2. The monoisotopic (exact) mass is 468 g/mol. The van der Waals surface area contributed by atoms with Crippen LogP contribution < -0.4 is 11.5 Å². The van der Waals surface area contributed by atoms with Gasteiger partial charge in [0.1, 0.15) is 9.71 Å². The van der Waals surface area contributed by atoms with Crippen molar-refractivity contribution in [1.82, 2.24) is 9.88 Å². The number of hydrogen-bond acceptors (Lipinski definition) is 7. The lowest BCUT2D eigenvalue weighted by molar-refractivity contribution is 0.0928. The number of aromatic nitrogens is 1. The van der Waals surface area contributed by atoms with Gasteiger partial charge in [-0.3, -0.25) is 14.5 Å². The maximum Gasteiger partial charge on any atom is 0.260 e. The van der Waals surface area contributed by atoms with Crippen LogP contribution in [0.15, 0.2) is 41.8 Å². The largest absolute Gasteiger partial charge is 0.397 e. The van der Waals surface area contributed by atoms with Gasteiger partial charge in [0.25, 0.3) is 5.91 Å². The predicted octanol–water partition coefficient (Wildman–Crippen LogP) is 4.56. The van der Waals surface area contributed by atoms with Gasteiger partial charge in [-0.25, -0.2) is 4.98 Å². The van der Waals surface area contributed by atoms with E-state index in [0.29, 0.717) is 39.1 Å². The van der Waals surface area contributed by atoms with Crippen molar-refractivity contribution in [3.05, 3.63) is 68.5 Å². The molecule has 0 saturated heterocycles. The molecule has 0 atom stereocenters. The molecule has 0 aliphatic carbocycles. The Morgan fingerprint density at radius 1 is 1.16 bits per heavy atom. The van der Waals surface area contributed by atoms with Gasteiger partial charge in [-0.2, -0.15) is 0 Å². The Labute approximate surface area is 191 Å². The normalized spacial score (nSPS) is 13.6. The number of fused-ring (bicyclic) bond motifs is 2. The Kier molecular flexibility index (Phi) is 5.02. The smallest absolute Gasteiger partial charge is 0.260 e. The van der Waals surface area contributed by atoms with Crippen molar-refractivity contribution in [2.75, 3.05) is 12.3 Å². The summed E-state index contributed by atoms with van der Waals surface area (Å²) in [5.41, 5.74) is 15.8. The number of pyridine rings is 1. The predicted molar refractivity (Wildman–Crippen MR) is 126 cm³/mol. The van der Waals surface area contributed by atoms with Gasteiger partial charge in [-0.15, -0.1) is 22.7 Å². The Bertz CT molecular complexity index is 1330. The molecular formula is C22H17ClN4O2S2. The molecule has 31 heavy (non-hydrogen) atoms. The van der Waals surface area contributed by atoms with Gasteiger partial charge in [-0.1, -0.05) is 17.7 Å². The van der Waals surface area contributed by atoms with Crippen molar-refractivity contribution in [3.63, 3.8) is 0 Å². The molecule has 0 radical (unpaired) electrons. The summed E-state index contributed by atoms with van der Waals surface area (Å²) in [6.07, 6.45) is 0. The van der Waals surface area contributed by atoms with E-state index in [4.69, 9.17) is 28.1 Å². The van der Waals surface area contributed by atoms with Gasteiger partial charge >= 0.3 is 0 Å². The summed E-state index contributed by atoms with van der Waals surface area (Å²) in [5.74, 6) is -0.521. The number of ketones is 1. The van der Waals surface area contributed by atoms with Gasteiger partial charge in [0.05, 0.1) is 17.9 Å². The molecule has 4 N–H and O–H groups in total. The average molecular weight is 469 g/mol. The SMILES string of the molecule is NC(=O)c1sc2nc3c(c(-c4cccs4)c2c1N)CN(CC(=O)c1ccc(Cl)cc1)C3. The van der Waals surface area contributed by atoms with Crippen LogP contribution in [0.1, 0.15) is 31.3 Å². The summed E-state index contributed by atoms with van der Waals surface area (Å²) in [7, 11) is 0. The molecule has 156 valence electrons. The summed E-state index contributed by atoms with van der Waals surface area (Å²) in [6.45, 7) is 1.40. The molecule has 1 aromatic carbocycles. The van der Waals surface area contributed by atoms with E-state index in [9.17, 15) is 9.59 Å². The summed E-state index contributed by atoms with van der Waals surface area (Å²) in [4.78, 5) is 33.6. The molecule has 3 aromatic heterocycles. The van der Waals surface area contributed by atoms with E-state index in [1.807, 2.05) is 17.5 Å². The van der Waals surface area contributed by atoms with E-state index in [-0.39, 0.29) is 12.3 Å². The molecule has 0 bridgehead atoms. The van der Waals surface area contributed by atoms with E-state index in [1.54, 1.807) is 35.6 Å². The number of carbonyl (C=O) groups excluding carboxylic acids is 2. The molecule has 1 amide bonds. The minimum atomic E-state index is -0.548. The van der Waals surface area contributed by atoms with Crippen LogP contribution in [0.5, 0.6) is 0 Å². The second-order valence-electron chi connectivity index (χ2n) is 7.35. The maximum atomic E-state index is 12.8. The third-order valence-electron chi connectivity index (χ3n) is 5.34. The van der Waals surface area contributed by atoms with Crippen LogP contribution in [-0.2, 0) is 13.1 Å². The summed E-state index contributed by atoms with van der Waals surface area (Å²) in [5, 5.41) is 3.37. The first-order valence-electron chi connectivity index (χ1n) is 9.51. The van der Waals surface area contributed by atoms with Crippen LogP contribution in [0.3, 0.4) is 0 Å². The van der Waals surface area contributed by atoms with E-state index in [0.717, 1.165) is 27.1 Å². The zero-order chi connectivity index (χ0) is 21.7. The number of nitrogen functional groups attached to an aromatic ring is 1. The molecule has 4 aromatic rings. The minimum Gasteiger partial charge on any atom is -0.397 e. The molecule has 4 heterocycles. The number of carbonyl (C=O) groups is 2. The van der Waals surface area contributed by atoms with Crippen LogP contribution in [0.25, 0.3) is 20.7 Å². The van der Waals surface area contributed by atoms with Crippen LogP contribution in [0.2, 0.25) is 5.02 Å². The second kappa shape index (κ2) is 7.72. The van der Waals surface area contributed by atoms with E-state index in [1.165, 1.54) is 11.3 Å². The molecule has 0 unspecified atom stereocenters. The molecule has 0 saturated carbocycles. The van der Waals surface area contributed by atoms with Crippen LogP contribution in [0.4, 0.5) is 5.69 Å². The topological polar surface area (TPSA) is 102 Å². The first kappa shape index (κ1) is 20.1. The van der Waals surface area contributed by atoms with Gasteiger partial charge < -0.3 is 11.5 Å². The number of primary amides is 1. The average Bonchev–Trinajstić information content (AvgIpc) is 3.46. The highest BCUT2D eigenvalue weighted by Gasteiger charge is 2.30. The highest BCUT2D eigenvalue weighted by Crippen LogP contribution is 2.45. The third-order valence-corrected chi connectivity index (χ3v) is 7.60. The summed E-state index contributed by atoms with van der Waals surface area (Å²) < 4.78 is 0. The van der Waals surface area contributed by atoms with Gasteiger partial charge in [0.15, 0.2) is 5.78 Å². The quantitative estimate of drug-likeness (QED) is 0.418. The molecule has 0 spiro atoms. The Hall–Kier alpha value is -2.78. The maximum absolute atomic E-state index is 12.8. The number of nitrogens with two attached hydrogens (primary N) is 2. The summed E-state index contributed by atoms with van der Waals surface area (Å²) >= 11 is 8.75. The Morgan fingerprint density at radius 3 is 2.61 bits per heavy atom. The number of hydrogen-bond donors (Lipinski definition) is 2. The van der Waals surface area contributed by atoms with Crippen molar-refractivity contribution in [2.24, 2.45) is 5.73 Å². The zero-order valence-corrected chi connectivity index (χ0v) is 18.6. The van der Waals surface area contributed by atoms with Crippen molar-refractivity contribution in [2.45, 2.75) is 13.1 Å². The van der Waals surface area contributed by atoms with Crippen molar-refractivity contribution < 1.29 is 9.59 Å². The highest BCUT2D eigenvalue weighted by molar-refractivity contribution is 7.21. The van der Waals surface area contributed by atoms with E-state index >= 15 is 0 Å². The van der Waals surface area contributed by atoms with Crippen LogP contribution in [-0.4, -0.2) is 28.1 Å². The lowest BCUT2D eigenvalue weighted by Crippen LogP contribution is -2.24. The lowest BCUT2D eigenvalue weighted by atomic mass is 10.0. The fourth-order valence-electron chi connectivity index (χ4n) is 3.95. The number of nitrogens with zero attached hydrogens (tertiary/aromatic N) is 2. The molecule has 9 heteroatoms. The molecule has 5 rings (SSSR count). The van der Waals surface area contributed by atoms with Gasteiger partial charge in [-0.05, 0) is 41.3 Å². The minimum absolute atomic E-state index is 0.0273. The fourth-order valence-corrected chi connectivity index (χ4v) is 5.85. The van der Waals surface area contributed by atoms with Crippen molar-refractivity contribution in [1.29, 1.82) is 0 Å². The standard InChI is InChI=1S/C22H17ClN4O2S2/c23-12-5-3-11(4-6-12)15(28)10-27-8-13-14(9-27)26-22-18(17(13)16-2-1-7-30-16)19(24)20(31-22)21(25)29/h1-7H,8-10,24H2,(H2,25,29). The molecule has 0 fully saturated rings. The number of amides is 1. The van der Waals surface area contributed by atoms with Gasteiger partial charge in [0, 0.05) is 39.5 Å². The Morgan fingerprint density at radius 2 is 1.94 bits per heavy atom. The van der Waals surface area contributed by atoms with Crippen LogP contribution in [0, 0.1) is 0 Å². The first-order chi connectivity index (χ1) is 14.9. The van der Waals surface area contributed by atoms with Gasteiger partial charge in [0.2, 0.25) is 0 Å². The lowest BCUT2D eigenvalue weighted by Gasteiger charge is -2.14. The number of halogens is 1. The van der Waals surface area contributed by atoms with Crippen molar-refractivity contribution in [3.8, 4) is 10.4 Å². The fraction of sp³-hybridized carbons (Fsp3) is 0.136. The van der Waals surface area contributed by atoms with Crippen LogP contribution >= 0.6 is 34.3 Å². The van der Waals surface area contributed by atoms with Crippen molar-refractivity contribution >= 4 is 61.9 Å². The third kappa shape index (κ3) is 3.51. The Balaban J connectivity index is 1.54. The van der Waals surface area contributed by atoms with E-state index < -0.39 is 5.91 Å². The van der Waals surface area contributed by atoms with E-state index in [2.05, 4.69) is 4.90 Å². The summed E-state index contributed by atoms with van der Waals surface area (Å²) in [6, 6.07) is 10.9.